The number of rotatable bonds is 5. The first kappa shape index (κ1) is 14.6. The molecule has 0 aliphatic rings. The van der Waals surface area contributed by atoms with E-state index in [1.165, 1.54) is 0 Å². The van der Waals surface area contributed by atoms with E-state index in [0.29, 0.717) is 18.8 Å². The Labute approximate surface area is 133 Å². The summed E-state index contributed by atoms with van der Waals surface area (Å²) in [5.41, 5.74) is 2.87. The molecule has 3 aromatic rings. The number of hydrogen-bond donors (Lipinski definition) is 1. The van der Waals surface area contributed by atoms with Gasteiger partial charge in [0.25, 0.3) is 0 Å². The van der Waals surface area contributed by atoms with Gasteiger partial charge in [-0.05, 0) is 18.2 Å². The summed E-state index contributed by atoms with van der Waals surface area (Å²) < 4.78 is 1.90. The fourth-order valence-corrected chi connectivity index (χ4v) is 2.56. The van der Waals surface area contributed by atoms with E-state index in [2.05, 4.69) is 10.4 Å². The zero-order valence-electron chi connectivity index (χ0n) is 12.0. The lowest BCUT2D eigenvalue weighted by Crippen LogP contribution is -2.23. The van der Waals surface area contributed by atoms with E-state index in [-0.39, 0.29) is 5.91 Å². The second-order valence-electron chi connectivity index (χ2n) is 4.93. The Bertz CT molecular complexity index is 783. The molecule has 4 nitrogen and oxygen atoms in total. The normalized spacial score (nSPS) is 10.8. The minimum absolute atomic E-state index is 0.0617. The maximum absolute atomic E-state index is 11.6. The molecule has 0 spiro atoms. The Hall–Kier alpha value is -2.33. The Kier molecular flexibility index (Phi) is 4.39. The van der Waals surface area contributed by atoms with E-state index in [9.17, 15) is 4.79 Å². The number of amides is 1. The maximum Gasteiger partial charge on any atom is 0.221 e. The van der Waals surface area contributed by atoms with Gasteiger partial charge in [0.2, 0.25) is 5.91 Å². The van der Waals surface area contributed by atoms with Crippen LogP contribution in [0.15, 0.2) is 54.6 Å². The molecule has 0 aliphatic heterocycles. The lowest BCUT2D eigenvalue weighted by molar-refractivity contribution is -0.120. The van der Waals surface area contributed by atoms with E-state index in [0.717, 1.165) is 22.3 Å². The molecule has 1 aromatic heterocycles. The first-order valence-electron chi connectivity index (χ1n) is 7.14. The topological polar surface area (TPSA) is 46.9 Å². The first-order chi connectivity index (χ1) is 10.8. The molecule has 5 heteroatoms. The highest BCUT2D eigenvalue weighted by Crippen LogP contribution is 2.21. The van der Waals surface area contributed by atoms with Crippen molar-refractivity contribution in [2.45, 2.75) is 13.0 Å². The predicted octanol–water partition coefficient (Wildman–Crippen LogP) is 3.27. The molecule has 1 heterocycles. The number of nitrogens with one attached hydrogen (secondary N) is 1. The molecule has 0 radical (unpaired) electrons. The largest absolute Gasteiger partial charge is 0.350 e. The molecule has 1 N–H and O–H groups in total. The zero-order valence-corrected chi connectivity index (χ0v) is 12.8. The number of para-hydroxylation sites is 2. The summed E-state index contributed by atoms with van der Waals surface area (Å²) in [5.74, 6) is 0.263. The van der Waals surface area contributed by atoms with Gasteiger partial charge >= 0.3 is 0 Å². The summed E-state index contributed by atoms with van der Waals surface area (Å²) in [6, 6.07) is 18.0. The Morgan fingerprint density at radius 1 is 1.09 bits per heavy atom. The van der Waals surface area contributed by atoms with Gasteiger partial charge in [0.05, 0.1) is 23.4 Å². The number of fused-ring (bicyclic) bond motifs is 1. The summed E-state index contributed by atoms with van der Waals surface area (Å²) in [6.45, 7) is 0.399. The van der Waals surface area contributed by atoms with E-state index in [4.69, 9.17) is 11.6 Å². The van der Waals surface area contributed by atoms with Gasteiger partial charge in [-0.1, -0.05) is 36.4 Å². The van der Waals surface area contributed by atoms with Crippen LogP contribution in [-0.4, -0.2) is 21.6 Å². The van der Waals surface area contributed by atoms with Crippen molar-refractivity contribution in [3.05, 3.63) is 60.3 Å². The number of benzene rings is 2. The molecule has 112 valence electrons. The van der Waals surface area contributed by atoms with Gasteiger partial charge in [0.15, 0.2) is 0 Å². The summed E-state index contributed by atoms with van der Waals surface area (Å²) in [6.07, 6.45) is 0.318. The van der Waals surface area contributed by atoms with Gasteiger partial charge in [0, 0.05) is 17.7 Å². The average molecular weight is 314 g/mol. The SMILES string of the molecule is O=C(CCCl)NCc1nn(-c2ccccc2)c2ccccc12. The minimum atomic E-state index is -0.0617. The van der Waals surface area contributed by atoms with E-state index in [1.54, 1.807) is 0 Å². The second kappa shape index (κ2) is 6.62. The first-order valence-corrected chi connectivity index (χ1v) is 7.68. The van der Waals surface area contributed by atoms with E-state index >= 15 is 0 Å². The van der Waals surface area contributed by atoms with Crippen molar-refractivity contribution in [1.29, 1.82) is 0 Å². The van der Waals surface area contributed by atoms with Gasteiger partial charge in [-0.25, -0.2) is 4.68 Å². The van der Waals surface area contributed by atoms with Crippen LogP contribution in [0.4, 0.5) is 0 Å². The van der Waals surface area contributed by atoms with Crippen LogP contribution in [0.5, 0.6) is 0 Å². The van der Waals surface area contributed by atoms with Crippen LogP contribution in [0.25, 0.3) is 16.6 Å². The van der Waals surface area contributed by atoms with Crippen LogP contribution in [0.2, 0.25) is 0 Å². The van der Waals surface area contributed by atoms with Gasteiger partial charge in [-0.2, -0.15) is 5.10 Å². The fourth-order valence-electron chi connectivity index (χ4n) is 2.38. The molecule has 0 saturated carbocycles. The van der Waals surface area contributed by atoms with Crippen LogP contribution in [-0.2, 0) is 11.3 Å². The lowest BCUT2D eigenvalue weighted by Gasteiger charge is -2.02. The Morgan fingerprint density at radius 3 is 2.59 bits per heavy atom. The molecule has 0 aliphatic carbocycles. The molecule has 0 atom stereocenters. The monoisotopic (exact) mass is 313 g/mol. The fraction of sp³-hybridized carbons (Fsp3) is 0.176. The van der Waals surface area contributed by atoms with Gasteiger partial charge in [-0.3, -0.25) is 4.79 Å². The molecule has 0 saturated heterocycles. The minimum Gasteiger partial charge on any atom is -0.350 e. The summed E-state index contributed by atoms with van der Waals surface area (Å²) in [7, 11) is 0. The third-order valence-electron chi connectivity index (χ3n) is 3.44. The summed E-state index contributed by atoms with van der Waals surface area (Å²) >= 11 is 5.58. The third kappa shape index (κ3) is 2.97. The molecule has 2 aromatic carbocycles. The van der Waals surface area contributed by atoms with Crippen molar-refractivity contribution in [1.82, 2.24) is 15.1 Å². The van der Waals surface area contributed by atoms with Gasteiger partial charge < -0.3 is 5.32 Å². The van der Waals surface area contributed by atoms with Crippen LogP contribution in [0.3, 0.4) is 0 Å². The number of hydrogen-bond acceptors (Lipinski definition) is 2. The Balaban J connectivity index is 1.96. The quantitative estimate of drug-likeness (QED) is 0.735. The zero-order chi connectivity index (χ0) is 15.4. The van der Waals surface area contributed by atoms with Crippen LogP contribution in [0.1, 0.15) is 12.1 Å². The van der Waals surface area contributed by atoms with Crippen LogP contribution >= 0.6 is 11.6 Å². The molecule has 0 fully saturated rings. The lowest BCUT2D eigenvalue weighted by atomic mass is 10.2. The maximum atomic E-state index is 11.6. The number of carbonyl (C=O) groups excluding carboxylic acids is 1. The van der Waals surface area contributed by atoms with Crippen LogP contribution < -0.4 is 5.32 Å². The number of nitrogens with zero attached hydrogens (tertiary/aromatic N) is 2. The van der Waals surface area contributed by atoms with Crippen molar-refractivity contribution < 1.29 is 4.79 Å². The van der Waals surface area contributed by atoms with Crippen molar-refractivity contribution in [2.75, 3.05) is 5.88 Å². The van der Waals surface area contributed by atoms with E-state index in [1.807, 2.05) is 59.3 Å². The highest BCUT2D eigenvalue weighted by molar-refractivity contribution is 6.18. The standard InChI is InChI=1S/C17H16ClN3O/c18-11-10-17(22)19-12-15-14-8-4-5-9-16(14)21(20-15)13-6-2-1-3-7-13/h1-9H,10-12H2,(H,19,22). The molecule has 0 unspecified atom stereocenters. The molecule has 1 amide bonds. The highest BCUT2D eigenvalue weighted by atomic mass is 35.5. The molecular weight excluding hydrogens is 298 g/mol. The third-order valence-corrected chi connectivity index (χ3v) is 3.63. The molecular formula is C17H16ClN3O. The summed E-state index contributed by atoms with van der Waals surface area (Å²) in [5, 5.41) is 8.56. The van der Waals surface area contributed by atoms with Gasteiger partial charge in [0.1, 0.15) is 0 Å². The van der Waals surface area contributed by atoms with Crippen molar-refractivity contribution in [2.24, 2.45) is 0 Å². The average Bonchev–Trinajstić information content (AvgIpc) is 2.93. The second-order valence-corrected chi connectivity index (χ2v) is 5.30. The number of carbonyl (C=O) groups is 1. The number of halogens is 1. The van der Waals surface area contributed by atoms with Crippen LogP contribution in [0, 0.1) is 0 Å². The van der Waals surface area contributed by atoms with E-state index < -0.39 is 0 Å². The van der Waals surface area contributed by atoms with Crippen molar-refractivity contribution in [3.8, 4) is 5.69 Å². The van der Waals surface area contributed by atoms with Crippen molar-refractivity contribution in [3.63, 3.8) is 0 Å². The smallest absolute Gasteiger partial charge is 0.221 e. The highest BCUT2D eigenvalue weighted by Gasteiger charge is 2.12. The Morgan fingerprint density at radius 2 is 1.82 bits per heavy atom. The van der Waals surface area contributed by atoms with Gasteiger partial charge in [-0.15, -0.1) is 11.6 Å². The summed E-state index contributed by atoms with van der Waals surface area (Å²) in [4.78, 5) is 11.6. The molecule has 0 bridgehead atoms. The van der Waals surface area contributed by atoms with Crippen molar-refractivity contribution >= 4 is 28.4 Å². The number of alkyl halides is 1. The molecule has 3 rings (SSSR count). The molecule has 22 heavy (non-hydrogen) atoms. The predicted molar refractivity (Wildman–Crippen MR) is 88.3 cm³/mol. The number of aromatic nitrogens is 2.